The summed E-state index contributed by atoms with van der Waals surface area (Å²) in [6.07, 6.45) is 2.22. The van der Waals surface area contributed by atoms with E-state index in [2.05, 4.69) is 4.98 Å². The van der Waals surface area contributed by atoms with Gasteiger partial charge >= 0.3 is 0 Å². The second-order valence-corrected chi connectivity index (χ2v) is 2.14. The van der Waals surface area contributed by atoms with Crippen LogP contribution in [-0.2, 0) is 0 Å². The van der Waals surface area contributed by atoms with Crippen molar-refractivity contribution in [3.05, 3.63) is 23.8 Å². The Morgan fingerprint density at radius 2 is 2.27 bits per heavy atom. The van der Waals surface area contributed by atoms with E-state index < -0.39 is 5.82 Å². The number of carbonyl (C=O) groups excluding carboxylic acids is 1. The molecule has 0 saturated heterocycles. The molecule has 0 amide bonds. The maximum absolute atomic E-state index is 12.6. The van der Waals surface area contributed by atoms with Gasteiger partial charge in [0, 0.05) is 6.20 Å². The fourth-order valence-corrected chi connectivity index (χ4v) is 0.726. The first-order valence-corrected chi connectivity index (χ1v) is 3.03. The molecule has 0 unspecified atom stereocenters. The number of anilines is 1. The first-order valence-electron chi connectivity index (χ1n) is 3.03. The Morgan fingerprint density at radius 1 is 1.64 bits per heavy atom. The molecule has 1 aromatic heterocycles. The van der Waals surface area contributed by atoms with Crippen LogP contribution in [0.1, 0.15) is 17.3 Å². The number of pyridine rings is 1. The van der Waals surface area contributed by atoms with Crippen LogP contribution in [0.25, 0.3) is 0 Å². The largest absolute Gasteiger partial charge is 0.396 e. The number of nitrogens with two attached hydrogens (primary N) is 1. The number of nitrogen functional groups attached to an aromatic ring is 1. The second kappa shape index (κ2) is 2.65. The van der Waals surface area contributed by atoms with E-state index in [0.29, 0.717) is 0 Å². The second-order valence-electron chi connectivity index (χ2n) is 2.14. The van der Waals surface area contributed by atoms with Gasteiger partial charge in [-0.25, -0.2) is 4.39 Å². The van der Waals surface area contributed by atoms with Gasteiger partial charge in [0.1, 0.15) is 0 Å². The van der Waals surface area contributed by atoms with Gasteiger partial charge in [-0.2, -0.15) is 0 Å². The zero-order valence-electron chi connectivity index (χ0n) is 5.97. The Balaban J connectivity index is 3.27. The molecule has 0 aromatic carbocycles. The standard InChI is InChI=1S/C7H7FN2O/c1-4(11)5-2-10-3-6(8)7(5)9/h2-3H,1H3,(H2,9,10). The Kier molecular flexibility index (Phi) is 1.85. The van der Waals surface area contributed by atoms with Gasteiger partial charge in [0.15, 0.2) is 11.6 Å². The predicted molar refractivity (Wildman–Crippen MR) is 38.6 cm³/mol. The van der Waals surface area contributed by atoms with Crippen LogP contribution < -0.4 is 5.73 Å². The van der Waals surface area contributed by atoms with Crippen molar-refractivity contribution in [2.75, 3.05) is 5.73 Å². The average molecular weight is 154 g/mol. The maximum Gasteiger partial charge on any atom is 0.165 e. The lowest BCUT2D eigenvalue weighted by Gasteiger charge is -1.99. The molecule has 1 rings (SSSR count). The highest BCUT2D eigenvalue weighted by atomic mass is 19.1. The molecule has 0 spiro atoms. The van der Waals surface area contributed by atoms with Crippen molar-refractivity contribution >= 4 is 11.5 Å². The third-order valence-corrected chi connectivity index (χ3v) is 1.32. The molecule has 1 aromatic rings. The van der Waals surface area contributed by atoms with Gasteiger partial charge in [0.25, 0.3) is 0 Å². The van der Waals surface area contributed by atoms with E-state index in [1.54, 1.807) is 0 Å². The molecule has 0 fully saturated rings. The van der Waals surface area contributed by atoms with Crippen LogP contribution in [0.3, 0.4) is 0 Å². The summed E-state index contributed by atoms with van der Waals surface area (Å²) in [6, 6.07) is 0. The Morgan fingerprint density at radius 3 is 2.73 bits per heavy atom. The number of aromatic nitrogens is 1. The van der Waals surface area contributed by atoms with Crippen LogP contribution in [0, 0.1) is 5.82 Å². The van der Waals surface area contributed by atoms with E-state index in [9.17, 15) is 9.18 Å². The maximum atomic E-state index is 12.6. The van der Waals surface area contributed by atoms with Crippen molar-refractivity contribution in [2.45, 2.75) is 6.92 Å². The molecule has 0 aliphatic heterocycles. The number of ketones is 1. The fourth-order valence-electron chi connectivity index (χ4n) is 0.726. The predicted octanol–water partition coefficient (Wildman–Crippen LogP) is 1.01. The molecular weight excluding hydrogens is 147 g/mol. The molecule has 0 atom stereocenters. The molecule has 1 heterocycles. The number of halogens is 1. The number of carbonyl (C=O) groups is 1. The smallest absolute Gasteiger partial charge is 0.165 e. The summed E-state index contributed by atoms with van der Waals surface area (Å²) in [7, 11) is 0. The van der Waals surface area contributed by atoms with E-state index in [4.69, 9.17) is 5.73 Å². The van der Waals surface area contributed by atoms with Gasteiger partial charge in [-0.1, -0.05) is 0 Å². The van der Waals surface area contributed by atoms with Crippen molar-refractivity contribution in [1.29, 1.82) is 0 Å². The van der Waals surface area contributed by atoms with Gasteiger partial charge in [0.2, 0.25) is 0 Å². The number of Topliss-reactive ketones (excluding diaryl/α,β-unsaturated/α-hetero) is 1. The molecule has 0 bridgehead atoms. The molecule has 0 radical (unpaired) electrons. The first kappa shape index (κ1) is 7.65. The van der Waals surface area contributed by atoms with Crippen LogP contribution in [0.2, 0.25) is 0 Å². The van der Waals surface area contributed by atoms with Gasteiger partial charge < -0.3 is 5.73 Å². The Labute approximate surface area is 63.0 Å². The minimum atomic E-state index is -0.655. The Hall–Kier alpha value is -1.45. The highest BCUT2D eigenvalue weighted by Crippen LogP contribution is 2.13. The van der Waals surface area contributed by atoms with Crippen LogP contribution in [-0.4, -0.2) is 10.8 Å². The minimum absolute atomic E-state index is 0.130. The zero-order valence-corrected chi connectivity index (χ0v) is 5.97. The minimum Gasteiger partial charge on any atom is -0.396 e. The molecule has 4 heteroatoms. The molecule has 0 saturated carbocycles. The van der Waals surface area contributed by atoms with Crippen molar-refractivity contribution in [2.24, 2.45) is 0 Å². The van der Waals surface area contributed by atoms with E-state index in [-0.39, 0.29) is 17.0 Å². The summed E-state index contributed by atoms with van der Waals surface area (Å²) in [5.41, 5.74) is 5.25. The van der Waals surface area contributed by atoms with Gasteiger partial charge in [-0.05, 0) is 6.92 Å². The molecular formula is C7H7FN2O. The summed E-state index contributed by atoms with van der Waals surface area (Å²) < 4.78 is 12.6. The summed E-state index contributed by atoms with van der Waals surface area (Å²) in [5.74, 6) is -0.938. The normalized spacial score (nSPS) is 9.64. The summed E-state index contributed by atoms with van der Waals surface area (Å²) >= 11 is 0. The highest BCUT2D eigenvalue weighted by molar-refractivity contribution is 5.98. The van der Waals surface area contributed by atoms with Crippen molar-refractivity contribution in [3.8, 4) is 0 Å². The lowest BCUT2D eigenvalue weighted by atomic mass is 10.2. The number of hydrogen-bond acceptors (Lipinski definition) is 3. The van der Waals surface area contributed by atoms with Crippen LogP contribution in [0.4, 0.5) is 10.1 Å². The third kappa shape index (κ3) is 1.34. The van der Waals surface area contributed by atoms with E-state index in [0.717, 1.165) is 6.20 Å². The number of rotatable bonds is 1. The Bertz CT molecular complexity index is 298. The lowest BCUT2D eigenvalue weighted by molar-refractivity contribution is 0.101. The lowest BCUT2D eigenvalue weighted by Crippen LogP contribution is -2.02. The van der Waals surface area contributed by atoms with Crippen LogP contribution in [0.15, 0.2) is 12.4 Å². The highest BCUT2D eigenvalue weighted by Gasteiger charge is 2.08. The van der Waals surface area contributed by atoms with E-state index in [1.165, 1.54) is 13.1 Å². The van der Waals surface area contributed by atoms with Gasteiger partial charge in [-0.15, -0.1) is 0 Å². The molecule has 0 aliphatic carbocycles. The van der Waals surface area contributed by atoms with Gasteiger partial charge in [0.05, 0.1) is 17.4 Å². The van der Waals surface area contributed by atoms with Crippen molar-refractivity contribution in [1.82, 2.24) is 4.98 Å². The van der Waals surface area contributed by atoms with Crippen molar-refractivity contribution in [3.63, 3.8) is 0 Å². The summed E-state index contributed by atoms with van der Waals surface area (Å²) in [6.45, 7) is 1.31. The molecule has 58 valence electrons. The quantitative estimate of drug-likeness (QED) is 0.614. The van der Waals surface area contributed by atoms with Gasteiger partial charge in [-0.3, -0.25) is 9.78 Å². The third-order valence-electron chi connectivity index (χ3n) is 1.32. The summed E-state index contributed by atoms with van der Waals surface area (Å²) in [4.78, 5) is 14.2. The number of nitrogens with zero attached hydrogens (tertiary/aromatic N) is 1. The topological polar surface area (TPSA) is 56.0 Å². The monoisotopic (exact) mass is 154 g/mol. The number of hydrogen-bond donors (Lipinski definition) is 1. The fraction of sp³-hybridized carbons (Fsp3) is 0.143. The molecule has 3 nitrogen and oxygen atoms in total. The molecule has 0 aliphatic rings. The average Bonchev–Trinajstić information content (AvgIpc) is 1.94. The first-order chi connectivity index (χ1) is 5.13. The molecule has 2 N–H and O–H groups in total. The SMILES string of the molecule is CC(=O)c1cncc(F)c1N. The van der Waals surface area contributed by atoms with Crippen LogP contribution >= 0.6 is 0 Å². The zero-order chi connectivity index (χ0) is 8.43. The van der Waals surface area contributed by atoms with E-state index in [1.807, 2.05) is 0 Å². The van der Waals surface area contributed by atoms with Crippen molar-refractivity contribution < 1.29 is 9.18 Å². The summed E-state index contributed by atoms with van der Waals surface area (Å²) in [5, 5.41) is 0. The van der Waals surface area contributed by atoms with Crippen LogP contribution in [0.5, 0.6) is 0 Å². The molecule has 11 heavy (non-hydrogen) atoms. The van der Waals surface area contributed by atoms with E-state index >= 15 is 0 Å².